The largest absolute Gasteiger partial charge is 0.352 e. The molecule has 174 valence electrons. The van der Waals surface area contributed by atoms with Crippen LogP contribution in [-0.4, -0.2) is 43.9 Å². The molecule has 2 heterocycles. The molecule has 0 aliphatic heterocycles. The van der Waals surface area contributed by atoms with E-state index in [2.05, 4.69) is 32.9 Å². The lowest BCUT2D eigenvalue weighted by Gasteiger charge is -2.07. The van der Waals surface area contributed by atoms with Gasteiger partial charge < -0.3 is 10.6 Å². The molecule has 0 aliphatic rings. The van der Waals surface area contributed by atoms with Gasteiger partial charge in [0.1, 0.15) is 5.03 Å². The Morgan fingerprint density at radius 1 is 0.971 bits per heavy atom. The van der Waals surface area contributed by atoms with Gasteiger partial charge in [-0.2, -0.15) is 9.61 Å². The van der Waals surface area contributed by atoms with Gasteiger partial charge in [-0.05, 0) is 55.3 Å². The summed E-state index contributed by atoms with van der Waals surface area (Å²) in [6.07, 6.45) is 1.44. The molecule has 0 aliphatic carbocycles. The number of nitrogens with one attached hydrogen (secondary N) is 2. The maximum Gasteiger partial charge on any atom is 0.251 e. The standard InChI is InChI=1S/C25H26N6O2S/c1-3-18-6-10-20(11-7-18)27-23(32)16-34-24-13-12-21-28-29-22(31(21)30-24)14-15-26-25(33)19-8-4-17(2)5-9-19/h4-13H,3,14-16H2,1-2H3,(H,26,33)(H,27,32). The van der Waals surface area contributed by atoms with Crippen molar-refractivity contribution in [2.45, 2.75) is 31.7 Å². The zero-order chi connectivity index (χ0) is 23.9. The van der Waals surface area contributed by atoms with Crippen molar-refractivity contribution in [3.8, 4) is 0 Å². The van der Waals surface area contributed by atoms with E-state index in [1.807, 2.05) is 55.5 Å². The number of benzene rings is 2. The second-order valence-electron chi connectivity index (χ2n) is 7.82. The highest BCUT2D eigenvalue weighted by Gasteiger charge is 2.11. The maximum atomic E-state index is 12.3. The number of rotatable bonds is 9. The smallest absolute Gasteiger partial charge is 0.251 e. The molecule has 2 aromatic heterocycles. The number of aryl methyl sites for hydroxylation is 2. The molecule has 4 rings (SSSR count). The highest BCUT2D eigenvalue weighted by atomic mass is 32.2. The number of carbonyl (C=O) groups excluding carboxylic acids is 2. The third kappa shape index (κ3) is 5.99. The van der Waals surface area contributed by atoms with Crippen molar-refractivity contribution < 1.29 is 9.59 Å². The van der Waals surface area contributed by atoms with E-state index in [4.69, 9.17) is 0 Å². The Balaban J connectivity index is 1.31. The Hall–Kier alpha value is -3.72. The second kappa shape index (κ2) is 10.9. The quantitative estimate of drug-likeness (QED) is 0.359. The van der Waals surface area contributed by atoms with Crippen molar-refractivity contribution in [2.24, 2.45) is 0 Å². The SMILES string of the molecule is CCc1ccc(NC(=O)CSc2ccc3nnc(CCNC(=O)c4ccc(C)cc4)n3n2)cc1. The number of hydrogen-bond donors (Lipinski definition) is 2. The van der Waals surface area contributed by atoms with Gasteiger partial charge in [0.25, 0.3) is 5.91 Å². The van der Waals surface area contributed by atoms with Gasteiger partial charge in [-0.1, -0.05) is 48.5 Å². The van der Waals surface area contributed by atoms with Gasteiger partial charge in [-0.3, -0.25) is 9.59 Å². The van der Waals surface area contributed by atoms with Crippen LogP contribution in [0, 0.1) is 6.92 Å². The van der Waals surface area contributed by atoms with Gasteiger partial charge >= 0.3 is 0 Å². The molecule has 9 heteroatoms. The van der Waals surface area contributed by atoms with Crippen LogP contribution in [0.25, 0.3) is 5.65 Å². The van der Waals surface area contributed by atoms with Crippen molar-refractivity contribution in [3.63, 3.8) is 0 Å². The summed E-state index contributed by atoms with van der Waals surface area (Å²) in [5.74, 6) is 0.646. The lowest BCUT2D eigenvalue weighted by atomic mass is 10.1. The van der Waals surface area contributed by atoms with Crippen molar-refractivity contribution in [1.82, 2.24) is 25.1 Å². The molecular formula is C25H26N6O2S. The molecular weight excluding hydrogens is 448 g/mol. The van der Waals surface area contributed by atoms with E-state index >= 15 is 0 Å². The number of amides is 2. The van der Waals surface area contributed by atoms with E-state index in [1.54, 1.807) is 16.6 Å². The Morgan fingerprint density at radius 3 is 2.47 bits per heavy atom. The van der Waals surface area contributed by atoms with Crippen molar-refractivity contribution >= 4 is 34.9 Å². The molecule has 2 aromatic carbocycles. The monoisotopic (exact) mass is 474 g/mol. The minimum atomic E-state index is -0.131. The summed E-state index contributed by atoms with van der Waals surface area (Å²) in [7, 11) is 0. The van der Waals surface area contributed by atoms with Crippen molar-refractivity contribution in [1.29, 1.82) is 0 Å². The molecule has 0 spiro atoms. The van der Waals surface area contributed by atoms with Crippen LogP contribution < -0.4 is 10.6 Å². The Morgan fingerprint density at radius 2 is 1.74 bits per heavy atom. The number of aromatic nitrogens is 4. The first kappa shape index (κ1) is 23.4. The number of carbonyl (C=O) groups is 2. The van der Waals surface area contributed by atoms with Crippen LogP contribution in [0.5, 0.6) is 0 Å². The summed E-state index contributed by atoms with van der Waals surface area (Å²) in [5.41, 5.74) is 4.34. The van der Waals surface area contributed by atoms with Crippen LogP contribution in [0.2, 0.25) is 0 Å². The lowest BCUT2D eigenvalue weighted by Crippen LogP contribution is -2.26. The number of nitrogens with zero attached hydrogens (tertiary/aromatic N) is 4. The van der Waals surface area contributed by atoms with Gasteiger partial charge in [-0.15, -0.1) is 10.2 Å². The first-order valence-corrected chi connectivity index (χ1v) is 12.1. The molecule has 0 atom stereocenters. The number of fused-ring (bicyclic) bond motifs is 1. The van der Waals surface area contributed by atoms with E-state index < -0.39 is 0 Å². The summed E-state index contributed by atoms with van der Waals surface area (Å²) < 4.78 is 1.65. The molecule has 0 saturated carbocycles. The Bertz CT molecular complexity index is 1290. The van der Waals surface area contributed by atoms with Crippen LogP contribution in [0.15, 0.2) is 65.7 Å². The summed E-state index contributed by atoms with van der Waals surface area (Å²) in [4.78, 5) is 24.6. The van der Waals surface area contributed by atoms with Gasteiger partial charge in [0.2, 0.25) is 5.91 Å². The zero-order valence-electron chi connectivity index (χ0n) is 19.1. The molecule has 0 unspecified atom stereocenters. The van der Waals surface area contributed by atoms with E-state index in [0.29, 0.717) is 35.0 Å². The van der Waals surface area contributed by atoms with E-state index in [9.17, 15) is 9.59 Å². The van der Waals surface area contributed by atoms with Crippen molar-refractivity contribution in [2.75, 3.05) is 17.6 Å². The third-order valence-corrected chi connectivity index (χ3v) is 6.17. The predicted octanol–water partition coefficient (Wildman–Crippen LogP) is 3.70. The van der Waals surface area contributed by atoms with E-state index in [1.165, 1.54) is 17.3 Å². The fourth-order valence-corrected chi connectivity index (χ4v) is 3.96. The van der Waals surface area contributed by atoms with Gasteiger partial charge in [0.15, 0.2) is 11.5 Å². The molecule has 0 bridgehead atoms. The molecule has 0 fully saturated rings. The summed E-state index contributed by atoms with van der Waals surface area (Å²) >= 11 is 1.34. The second-order valence-corrected chi connectivity index (χ2v) is 8.81. The zero-order valence-corrected chi connectivity index (χ0v) is 19.9. The minimum absolute atomic E-state index is 0.0982. The molecule has 34 heavy (non-hydrogen) atoms. The molecule has 0 saturated heterocycles. The lowest BCUT2D eigenvalue weighted by molar-refractivity contribution is -0.113. The van der Waals surface area contributed by atoms with Crippen LogP contribution >= 0.6 is 11.8 Å². The molecule has 0 radical (unpaired) electrons. The fraction of sp³-hybridized carbons (Fsp3) is 0.240. The summed E-state index contributed by atoms with van der Waals surface area (Å²) in [5, 5.41) is 19.4. The normalized spacial score (nSPS) is 10.9. The topological polar surface area (TPSA) is 101 Å². The third-order valence-electron chi connectivity index (χ3n) is 5.25. The highest BCUT2D eigenvalue weighted by molar-refractivity contribution is 7.99. The van der Waals surface area contributed by atoms with Crippen LogP contribution in [0.3, 0.4) is 0 Å². The number of thioether (sulfide) groups is 1. The van der Waals surface area contributed by atoms with Crippen LogP contribution in [-0.2, 0) is 17.6 Å². The average molecular weight is 475 g/mol. The van der Waals surface area contributed by atoms with Gasteiger partial charge in [0, 0.05) is 24.2 Å². The first-order chi connectivity index (χ1) is 16.5. The maximum absolute atomic E-state index is 12.3. The van der Waals surface area contributed by atoms with Crippen LogP contribution in [0.1, 0.15) is 34.2 Å². The van der Waals surface area contributed by atoms with Crippen LogP contribution in [0.4, 0.5) is 5.69 Å². The fourth-order valence-electron chi connectivity index (χ4n) is 3.30. The Labute approximate surface area is 202 Å². The summed E-state index contributed by atoms with van der Waals surface area (Å²) in [6, 6.07) is 18.9. The summed E-state index contributed by atoms with van der Waals surface area (Å²) in [6.45, 7) is 4.48. The van der Waals surface area contributed by atoms with Crippen molar-refractivity contribution in [3.05, 3.63) is 83.2 Å². The molecule has 2 amide bonds. The predicted molar refractivity (Wildman–Crippen MR) is 133 cm³/mol. The van der Waals surface area contributed by atoms with E-state index in [0.717, 1.165) is 17.7 Å². The Kier molecular flexibility index (Phi) is 7.54. The number of hydrogen-bond acceptors (Lipinski definition) is 6. The van der Waals surface area contributed by atoms with E-state index in [-0.39, 0.29) is 17.6 Å². The van der Waals surface area contributed by atoms with Gasteiger partial charge in [-0.25, -0.2) is 0 Å². The van der Waals surface area contributed by atoms with Gasteiger partial charge in [0.05, 0.1) is 5.75 Å². The highest BCUT2D eigenvalue weighted by Crippen LogP contribution is 2.17. The molecule has 8 nitrogen and oxygen atoms in total. The minimum Gasteiger partial charge on any atom is -0.352 e. The molecule has 4 aromatic rings. The molecule has 2 N–H and O–H groups in total. The first-order valence-electron chi connectivity index (χ1n) is 11.1. The number of anilines is 1. The average Bonchev–Trinajstić information content (AvgIpc) is 3.26.